The number of rotatable bonds is 15. The van der Waals surface area contributed by atoms with Gasteiger partial charge in [-0.15, -0.1) is 0 Å². The lowest BCUT2D eigenvalue weighted by Gasteiger charge is -2.45. The average molecular weight is 583 g/mol. The van der Waals surface area contributed by atoms with Crippen molar-refractivity contribution in [3.05, 3.63) is 144 Å². The van der Waals surface area contributed by atoms with E-state index in [2.05, 4.69) is 0 Å². The van der Waals surface area contributed by atoms with Gasteiger partial charge in [-0.05, 0) is 22.3 Å². The number of hydrogen-bond donors (Lipinski definition) is 1. The zero-order valence-electron chi connectivity index (χ0n) is 24.0. The molecule has 1 aliphatic rings. The van der Waals surface area contributed by atoms with E-state index in [0.29, 0.717) is 12.9 Å². The molecular weight excluding hydrogens is 544 g/mol. The second kappa shape index (κ2) is 16.2. The van der Waals surface area contributed by atoms with Gasteiger partial charge in [-0.2, -0.15) is 0 Å². The quantitative estimate of drug-likeness (QED) is 0.191. The lowest BCUT2D eigenvalue weighted by molar-refractivity contribution is -0.276. The molecule has 4 aromatic rings. The van der Waals surface area contributed by atoms with E-state index in [1.54, 1.807) is 0 Å². The van der Waals surface area contributed by atoms with Gasteiger partial charge in [0, 0.05) is 0 Å². The van der Waals surface area contributed by atoms with Crippen molar-refractivity contribution >= 4 is 6.29 Å². The van der Waals surface area contributed by atoms with Crippen LogP contribution in [0.4, 0.5) is 0 Å². The molecule has 1 heterocycles. The zero-order valence-corrected chi connectivity index (χ0v) is 24.0. The second-order valence-electron chi connectivity index (χ2n) is 10.6. The summed E-state index contributed by atoms with van der Waals surface area (Å²) >= 11 is 0. The summed E-state index contributed by atoms with van der Waals surface area (Å²) in [4.78, 5) is 12.3. The highest BCUT2D eigenvalue weighted by molar-refractivity contribution is 5.57. The molecule has 1 fully saturated rings. The van der Waals surface area contributed by atoms with Crippen LogP contribution in [-0.4, -0.2) is 54.6 Å². The number of benzene rings is 4. The van der Waals surface area contributed by atoms with E-state index < -0.39 is 36.6 Å². The van der Waals surface area contributed by atoms with Crippen molar-refractivity contribution in [3.63, 3.8) is 0 Å². The number of carbonyl (C=O) groups is 1. The number of aldehydes is 1. The lowest BCUT2D eigenvalue weighted by Crippen LogP contribution is -2.63. The van der Waals surface area contributed by atoms with Gasteiger partial charge < -0.3 is 33.6 Å². The third kappa shape index (κ3) is 8.91. The minimum absolute atomic E-state index is 0.160. The van der Waals surface area contributed by atoms with Crippen LogP contribution in [0.3, 0.4) is 0 Å². The standard InChI is InChI=1S/C36H38O7/c37-21-31(40-23-28-15-7-2-8-16-28)34-33(38)36(42-25-30-19-11-4-12-20-30)35(41-24-29-17-9-3-10-18-29)32(43-34)26-39-22-27-13-5-1-6-14-27/h1-21,31-36,38H,22-26H2/t31-,32+,33-,34-,35-,36+/m0/s1. The predicted octanol–water partition coefficient (Wildman–Crippen LogP) is 5.29. The van der Waals surface area contributed by atoms with Gasteiger partial charge >= 0.3 is 0 Å². The first kappa shape index (κ1) is 30.8. The van der Waals surface area contributed by atoms with Gasteiger partial charge in [-0.25, -0.2) is 0 Å². The molecule has 7 heteroatoms. The van der Waals surface area contributed by atoms with Crippen molar-refractivity contribution in [2.24, 2.45) is 0 Å². The molecule has 0 saturated carbocycles. The highest BCUT2D eigenvalue weighted by atomic mass is 16.6. The molecule has 0 radical (unpaired) electrons. The normalized spacial score (nSPS) is 22.6. The molecular formula is C36H38O7. The van der Waals surface area contributed by atoms with Crippen LogP contribution in [0.25, 0.3) is 0 Å². The Bertz CT molecular complexity index is 1340. The average Bonchev–Trinajstić information content (AvgIpc) is 3.06. The first-order valence-corrected chi connectivity index (χ1v) is 14.6. The molecule has 4 aromatic carbocycles. The summed E-state index contributed by atoms with van der Waals surface area (Å²) < 4.78 is 31.3. The summed E-state index contributed by atoms with van der Waals surface area (Å²) in [6, 6.07) is 38.9. The number of carbonyl (C=O) groups excluding carboxylic acids is 1. The fourth-order valence-corrected chi connectivity index (χ4v) is 5.13. The van der Waals surface area contributed by atoms with E-state index in [1.165, 1.54) is 0 Å². The molecule has 5 rings (SSSR count). The first-order valence-electron chi connectivity index (χ1n) is 14.6. The van der Waals surface area contributed by atoms with Crippen LogP contribution in [0.5, 0.6) is 0 Å². The van der Waals surface area contributed by atoms with E-state index in [0.717, 1.165) is 22.3 Å². The second-order valence-corrected chi connectivity index (χ2v) is 10.6. The van der Waals surface area contributed by atoms with Crippen LogP contribution in [0, 0.1) is 0 Å². The van der Waals surface area contributed by atoms with E-state index in [4.69, 9.17) is 23.7 Å². The molecule has 0 aliphatic carbocycles. The van der Waals surface area contributed by atoms with Crippen LogP contribution in [0.2, 0.25) is 0 Å². The number of aliphatic hydroxyl groups is 1. The molecule has 0 aromatic heterocycles. The SMILES string of the molecule is O=C[C@H](OCc1ccccc1)[C@@H]1O[C@H](COCc2ccccc2)[C@H](OCc2ccccc2)[C@H](OCc2ccccc2)[C@H]1O. The van der Waals surface area contributed by atoms with Crippen LogP contribution in [0.15, 0.2) is 121 Å². The minimum Gasteiger partial charge on any atom is -0.387 e. The van der Waals surface area contributed by atoms with Gasteiger partial charge in [0.15, 0.2) is 6.29 Å². The van der Waals surface area contributed by atoms with Crippen LogP contribution in [-0.2, 0) is 54.9 Å². The molecule has 7 nitrogen and oxygen atoms in total. The molecule has 224 valence electrons. The summed E-state index contributed by atoms with van der Waals surface area (Å²) in [7, 11) is 0. The molecule has 0 bridgehead atoms. The Morgan fingerprint density at radius 3 is 1.56 bits per heavy atom. The summed E-state index contributed by atoms with van der Waals surface area (Å²) in [5, 5.41) is 11.7. The Morgan fingerprint density at radius 1 is 0.628 bits per heavy atom. The van der Waals surface area contributed by atoms with E-state index in [1.807, 2.05) is 121 Å². The minimum atomic E-state index is -1.21. The number of hydrogen-bond acceptors (Lipinski definition) is 7. The number of aliphatic hydroxyl groups excluding tert-OH is 1. The van der Waals surface area contributed by atoms with Crippen molar-refractivity contribution in [3.8, 4) is 0 Å². The van der Waals surface area contributed by atoms with E-state index in [-0.39, 0.29) is 26.4 Å². The van der Waals surface area contributed by atoms with Crippen LogP contribution < -0.4 is 0 Å². The maximum Gasteiger partial charge on any atom is 0.151 e. The van der Waals surface area contributed by atoms with Crippen molar-refractivity contribution < 1.29 is 33.6 Å². The highest BCUT2D eigenvalue weighted by Gasteiger charge is 2.49. The molecule has 0 amide bonds. The Balaban J connectivity index is 1.38. The maximum absolute atomic E-state index is 12.3. The summed E-state index contributed by atoms with van der Waals surface area (Å²) in [6.07, 6.45) is -4.72. The Hall–Kier alpha value is -3.69. The fourth-order valence-electron chi connectivity index (χ4n) is 5.13. The van der Waals surface area contributed by atoms with Gasteiger partial charge in [0.1, 0.15) is 36.6 Å². The molecule has 1 N–H and O–H groups in total. The molecule has 1 saturated heterocycles. The Labute approximate surface area is 252 Å². The monoisotopic (exact) mass is 582 g/mol. The van der Waals surface area contributed by atoms with Gasteiger partial charge in [0.25, 0.3) is 0 Å². The molecule has 0 spiro atoms. The highest BCUT2D eigenvalue weighted by Crippen LogP contribution is 2.30. The predicted molar refractivity (Wildman–Crippen MR) is 162 cm³/mol. The molecule has 6 atom stereocenters. The van der Waals surface area contributed by atoms with Crippen LogP contribution >= 0.6 is 0 Å². The van der Waals surface area contributed by atoms with Gasteiger partial charge in [0.05, 0.1) is 33.0 Å². The third-order valence-electron chi connectivity index (χ3n) is 7.40. The van der Waals surface area contributed by atoms with Crippen molar-refractivity contribution in [2.45, 2.75) is 63.1 Å². The van der Waals surface area contributed by atoms with Crippen molar-refractivity contribution in [1.29, 1.82) is 0 Å². The van der Waals surface area contributed by atoms with Gasteiger partial charge in [-0.1, -0.05) is 121 Å². The summed E-state index contributed by atoms with van der Waals surface area (Å²) in [6.45, 7) is 1.25. The molecule has 1 aliphatic heterocycles. The van der Waals surface area contributed by atoms with Crippen molar-refractivity contribution in [2.75, 3.05) is 6.61 Å². The van der Waals surface area contributed by atoms with Gasteiger partial charge in [0.2, 0.25) is 0 Å². The third-order valence-corrected chi connectivity index (χ3v) is 7.40. The van der Waals surface area contributed by atoms with Gasteiger partial charge in [-0.3, -0.25) is 0 Å². The lowest BCUT2D eigenvalue weighted by atomic mass is 9.92. The van der Waals surface area contributed by atoms with Crippen LogP contribution in [0.1, 0.15) is 22.3 Å². The zero-order chi connectivity index (χ0) is 29.7. The Morgan fingerprint density at radius 2 is 1.07 bits per heavy atom. The van der Waals surface area contributed by atoms with E-state index in [9.17, 15) is 9.90 Å². The summed E-state index contributed by atoms with van der Waals surface area (Å²) in [5.41, 5.74) is 3.85. The topological polar surface area (TPSA) is 83.5 Å². The molecule has 43 heavy (non-hydrogen) atoms. The fraction of sp³-hybridized carbons (Fsp3) is 0.306. The largest absolute Gasteiger partial charge is 0.387 e. The Kier molecular flexibility index (Phi) is 11.6. The first-order chi connectivity index (χ1) is 21.2. The van der Waals surface area contributed by atoms with E-state index >= 15 is 0 Å². The maximum atomic E-state index is 12.3. The summed E-state index contributed by atoms with van der Waals surface area (Å²) in [5.74, 6) is 0. The number of ether oxygens (including phenoxy) is 5. The van der Waals surface area contributed by atoms with Crippen molar-refractivity contribution in [1.82, 2.24) is 0 Å². The smallest absolute Gasteiger partial charge is 0.151 e. The molecule has 0 unspecified atom stereocenters.